The molecule has 0 amide bonds. The molecule has 0 bridgehead atoms. The average Bonchev–Trinajstić information content (AvgIpc) is 2.08. The van der Waals surface area contributed by atoms with E-state index in [4.69, 9.17) is 25.5 Å². The molecule has 0 radical (unpaired) electrons. The van der Waals surface area contributed by atoms with E-state index in [1.165, 1.54) is 0 Å². The van der Waals surface area contributed by atoms with Crippen LogP contribution in [0.5, 0.6) is 0 Å². The van der Waals surface area contributed by atoms with Gasteiger partial charge in [0.1, 0.15) is 24.4 Å². The number of hydrogen-bond donors (Lipinski definition) is 5. The van der Waals surface area contributed by atoms with Crippen LogP contribution in [-0.4, -0.2) is 62.8 Å². The van der Waals surface area contributed by atoms with Gasteiger partial charge in [0, 0.05) is 0 Å². The van der Waals surface area contributed by atoms with Crippen molar-refractivity contribution >= 4 is 0 Å². The third kappa shape index (κ3) is 1.58. The first-order valence-corrected chi connectivity index (χ1v) is 3.56. The van der Waals surface area contributed by atoms with Crippen molar-refractivity contribution < 1.29 is 30.3 Å². The lowest BCUT2D eigenvalue weighted by molar-refractivity contribution is -0.286. The van der Waals surface area contributed by atoms with Crippen LogP contribution >= 0.6 is 0 Å². The maximum absolute atomic E-state index is 9.12. The number of rotatable bonds is 1. The van der Waals surface area contributed by atoms with Crippen molar-refractivity contribution in [3.8, 4) is 0 Å². The Kier molecular flexibility index (Phi) is 2.99. The molecular weight excluding hydrogens is 168 g/mol. The summed E-state index contributed by atoms with van der Waals surface area (Å²) in [6, 6.07) is 0. The molecule has 0 aromatic heterocycles. The van der Waals surface area contributed by atoms with Crippen LogP contribution in [0.15, 0.2) is 0 Å². The molecule has 1 aliphatic rings. The van der Waals surface area contributed by atoms with Crippen LogP contribution in [0.4, 0.5) is 0 Å². The van der Waals surface area contributed by atoms with Gasteiger partial charge in [-0.3, -0.25) is 0 Å². The Balaban J connectivity index is 2.63. The van der Waals surface area contributed by atoms with E-state index < -0.39 is 37.3 Å². The molecule has 5 N–H and O–H groups in total. The number of aliphatic hydroxyl groups is 5. The highest BCUT2D eigenvalue weighted by Gasteiger charge is 2.42. The van der Waals surface area contributed by atoms with Gasteiger partial charge in [-0.25, -0.2) is 0 Å². The quantitative estimate of drug-likeness (QED) is 0.290. The zero-order valence-corrected chi connectivity index (χ0v) is 6.24. The molecule has 0 aliphatic carbocycles. The Bertz CT molecular complexity index is 146. The van der Waals surface area contributed by atoms with Crippen LogP contribution in [0.2, 0.25) is 0 Å². The smallest absolute Gasteiger partial charge is 0.184 e. The number of hydrogen-bond acceptors (Lipinski definition) is 6. The van der Waals surface area contributed by atoms with Gasteiger partial charge in [0.15, 0.2) is 6.29 Å². The minimum absolute atomic E-state index is 0.526. The molecule has 1 aliphatic heterocycles. The Hall–Kier alpha value is -0.240. The molecule has 1 fully saturated rings. The Morgan fingerprint density at radius 2 is 1.50 bits per heavy atom. The zero-order valence-electron chi connectivity index (χ0n) is 6.24. The summed E-state index contributed by atoms with van der Waals surface area (Å²) in [7, 11) is 0. The molecule has 2 unspecified atom stereocenters. The van der Waals surface area contributed by atoms with E-state index >= 15 is 0 Å². The molecule has 0 spiro atoms. The van der Waals surface area contributed by atoms with E-state index in [9.17, 15) is 0 Å². The fourth-order valence-corrected chi connectivity index (χ4v) is 1.08. The van der Waals surface area contributed by atoms with E-state index in [1.54, 1.807) is 0 Å². The molecule has 0 saturated carbocycles. The molecule has 1 saturated heterocycles. The van der Waals surface area contributed by atoms with Crippen molar-refractivity contribution in [2.45, 2.75) is 30.7 Å². The maximum Gasteiger partial charge on any atom is 0.184 e. The lowest BCUT2D eigenvalue weighted by Gasteiger charge is -2.37. The summed E-state index contributed by atoms with van der Waals surface area (Å²) in [5, 5.41) is 44.7. The average molecular weight is 180 g/mol. The van der Waals surface area contributed by atoms with E-state index in [0.29, 0.717) is 0 Å². The lowest BCUT2D eigenvalue weighted by Crippen LogP contribution is -2.58. The predicted molar refractivity (Wildman–Crippen MR) is 36.0 cm³/mol. The fraction of sp³-hybridized carbons (Fsp3) is 1.00. The summed E-state index contributed by atoms with van der Waals surface area (Å²) >= 11 is 0. The first-order valence-electron chi connectivity index (χ1n) is 3.56. The van der Waals surface area contributed by atoms with Crippen LogP contribution in [0.25, 0.3) is 0 Å². The van der Waals surface area contributed by atoms with Gasteiger partial charge in [0.2, 0.25) is 0 Å². The minimum Gasteiger partial charge on any atom is -0.394 e. The summed E-state index contributed by atoms with van der Waals surface area (Å²) in [6.45, 7) is -0.526. The summed E-state index contributed by atoms with van der Waals surface area (Å²) in [5.41, 5.74) is 0. The zero-order chi connectivity index (χ0) is 9.30. The van der Waals surface area contributed by atoms with Crippen molar-refractivity contribution in [2.24, 2.45) is 0 Å². The molecule has 6 heteroatoms. The Morgan fingerprint density at radius 3 is 2.00 bits per heavy atom. The van der Waals surface area contributed by atoms with E-state index in [2.05, 4.69) is 4.74 Å². The Morgan fingerprint density at radius 1 is 0.917 bits per heavy atom. The van der Waals surface area contributed by atoms with Crippen molar-refractivity contribution in [3.63, 3.8) is 0 Å². The second-order valence-corrected chi connectivity index (χ2v) is 2.72. The normalized spacial score (nSPS) is 49.2. The van der Waals surface area contributed by atoms with Gasteiger partial charge >= 0.3 is 0 Å². The standard InChI is InChI=1S/C6H12O6/c7-1-2-3(8)4(9)5(10)6(11)12-2/h2-11H,1H2/t2-,3-,4?,5?,6+/m1/s1. The second kappa shape index (κ2) is 3.65. The molecule has 1 heterocycles. The monoisotopic (exact) mass is 180 g/mol. The van der Waals surface area contributed by atoms with E-state index in [-0.39, 0.29) is 0 Å². The van der Waals surface area contributed by atoms with Crippen LogP contribution < -0.4 is 0 Å². The maximum atomic E-state index is 9.12. The first-order chi connectivity index (χ1) is 5.57. The van der Waals surface area contributed by atoms with Crippen LogP contribution in [0.1, 0.15) is 0 Å². The van der Waals surface area contributed by atoms with E-state index in [1.807, 2.05) is 0 Å². The third-order valence-corrected chi connectivity index (χ3v) is 1.87. The molecule has 5 atom stereocenters. The van der Waals surface area contributed by atoms with Crippen LogP contribution in [0.3, 0.4) is 0 Å². The summed E-state index contributed by atoms with van der Waals surface area (Å²) < 4.78 is 4.58. The highest BCUT2D eigenvalue weighted by Crippen LogP contribution is 2.18. The van der Waals surface area contributed by atoms with Gasteiger partial charge in [-0.05, 0) is 0 Å². The molecule has 1 rings (SSSR count). The van der Waals surface area contributed by atoms with Gasteiger partial charge in [0.25, 0.3) is 0 Å². The first kappa shape index (κ1) is 9.85. The van der Waals surface area contributed by atoms with Crippen molar-refractivity contribution in [2.75, 3.05) is 6.61 Å². The summed E-state index contributed by atoms with van der Waals surface area (Å²) in [5.74, 6) is 0. The van der Waals surface area contributed by atoms with E-state index in [0.717, 1.165) is 0 Å². The van der Waals surface area contributed by atoms with Gasteiger partial charge < -0.3 is 30.3 Å². The van der Waals surface area contributed by atoms with Crippen molar-refractivity contribution in [1.29, 1.82) is 0 Å². The topological polar surface area (TPSA) is 110 Å². The summed E-state index contributed by atoms with van der Waals surface area (Å²) in [6.07, 6.45) is -7.04. The van der Waals surface area contributed by atoms with Crippen LogP contribution in [0, 0.1) is 0 Å². The van der Waals surface area contributed by atoms with Gasteiger partial charge in [-0.1, -0.05) is 0 Å². The van der Waals surface area contributed by atoms with Gasteiger partial charge in [0.05, 0.1) is 6.61 Å². The SMILES string of the molecule is OC[C@H]1O[C@H](O)C(O)C(O)[C@@H]1O. The second-order valence-electron chi connectivity index (χ2n) is 2.72. The van der Waals surface area contributed by atoms with Gasteiger partial charge in [-0.2, -0.15) is 0 Å². The predicted octanol–water partition coefficient (Wildman–Crippen LogP) is -3.22. The molecule has 12 heavy (non-hydrogen) atoms. The fourth-order valence-electron chi connectivity index (χ4n) is 1.08. The number of ether oxygens (including phenoxy) is 1. The molecule has 0 aromatic carbocycles. The van der Waals surface area contributed by atoms with Crippen molar-refractivity contribution in [1.82, 2.24) is 0 Å². The minimum atomic E-state index is -1.57. The molecule has 0 aromatic rings. The molecule has 72 valence electrons. The molecular formula is C6H12O6. The number of aliphatic hydroxyl groups excluding tert-OH is 5. The summed E-state index contributed by atoms with van der Waals surface area (Å²) in [4.78, 5) is 0. The largest absolute Gasteiger partial charge is 0.394 e. The lowest BCUT2D eigenvalue weighted by atomic mass is 10.00. The highest BCUT2D eigenvalue weighted by molar-refractivity contribution is 4.87. The highest BCUT2D eigenvalue weighted by atomic mass is 16.6. The van der Waals surface area contributed by atoms with Gasteiger partial charge in [-0.15, -0.1) is 0 Å². The third-order valence-electron chi connectivity index (χ3n) is 1.87. The van der Waals surface area contributed by atoms with Crippen LogP contribution in [-0.2, 0) is 4.74 Å². The van der Waals surface area contributed by atoms with Crippen molar-refractivity contribution in [3.05, 3.63) is 0 Å². The molecule has 6 nitrogen and oxygen atoms in total. The Labute approximate surface area is 68.6 Å².